The van der Waals surface area contributed by atoms with Gasteiger partial charge in [0.15, 0.2) is 0 Å². The lowest BCUT2D eigenvalue weighted by Crippen LogP contribution is -1.90. The number of hydrogen-bond acceptors (Lipinski definition) is 0. The molecule has 1 radical (unpaired) electrons. The minimum Gasteiger partial charge on any atom is -0.237 e. The van der Waals surface area contributed by atoms with Crippen molar-refractivity contribution in [2.75, 3.05) is 6.61 Å². The van der Waals surface area contributed by atoms with Crippen LogP contribution < -0.4 is 0 Å². The molecular formula is C14H14FO. The molecule has 0 N–H and O–H groups in total. The Morgan fingerprint density at radius 2 is 1.69 bits per heavy atom. The van der Waals surface area contributed by atoms with Crippen LogP contribution in [0.2, 0.25) is 0 Å². The summed E-state index contributed by atoms with van der Waals surface area (Å²) in [6.45, 7) is -0.0286. The monoisotopic (exact) mass is 217 g/mol. The van der Waals surface area contributed by atoms with Crippen molar-refractivity contribution in [2.24, 2.45) is 0 Å². The molecule has 0 unspecified atom stereocenters. The molecule has 0 aromatic heterocycles. The molecule has 0 fully saturated rings. The average Bonchev–Trinajstić information content (AvgIpc) is 2.31. The van der Waals surface area contributed by atoms with Gasteiger partial charge in [0.05, 0.1) is 6.61 Å². The molecule has 1 nitrogen and oxygen atoms in total. The molecule has 2 rings (SSSR count). The van der Waals surface area contributed by atoms with E-state index in [2.05, 4.69) is 0 Å². The third-order valence-corrected chi connectivity index (χ3v) is 2.80. The Morgan fingerprint density at radius 3 is 2.50 bits per heavy atom. The van der Waals surface area contributed by atoms with E-state index in [1.165, 1.54) is 6.07 Å². The number of halogens is 1. The van der Waals surface area contributed by atoms with Gasteiger partial charge in [-0.25, -0.2) is 9.50 Å². The molecule has 2 aromatic rings. The highest BCUT2D eigenvalue weighted by molar-refractivity contribution is 5.86. The van der Waals surface area contributed by atoms with Crippen LogP contribution in [0.1, 0.15) is 18.4 Å². The second-order valence-corrected chi connectivity index (χ2v) is 3.91. The van der Waals surface area contributed by atoms with Gasteiger partial charge in [-0.05, 0) is 36.3 Å². The summed E-state index contributed by atoms with van der Waals surface area (Å²) in [6.07, 6.45) is 2.41. The van der Waals surface area contributed by atoms with Crippen LogP contribution in [-0.4, -0.2) is 6.61 Å². The lowest BCUT2D eigenvalue weighted by molar-refractivity contribution is 0.187. The fourth-order valence-corrected chi connectivity index (χ4v) is 1.97. The second kappa shape index (κ2) is 5.08. The summed E-state index contributed by atoms with van der Waals surface area (Å²) in [5.74, 6) is -0.178. The third-order valence-electron chi connectivity index (χ3n) is 2.80. The zero-order chi connectivity index (χ0) is 11.4. The van der Waals surface area contributed by atoms with Gasteiger partial charge in [-0.1, -0.05) is 30.3 Å². The number of aryl methyl sites for hydroxylation is 1. The van der Waals surface area contributed by atoms with Gasteiger partial charge in [0.1, 0.15) is 5.82 Å². The Kier molecular flexibility index (Phi) is 3.52. The van der Waals surface area contributed by atoms with Gasteiger partial charge in [0.25, 0.3) is 0 Å². The summed E-state index contributed by atoms with van der Waals surface area (Å²) in [6, 6.07) is 10.8. The molecule has 0 saturated carbocycles. The first kappa shape index (κ1) is 11.1. The minimum atomic E-state index is -0.178. The molecule has 0 amide bonds. The summed E-state index contributed by atoms with van der Waals surface area (Å²) >= 11 is 0. The van der Waals surface area contributed by atoms with Crippen LogP contribution in [0, 0.1) is 5.82 Å². The average molecular weight is 217 g/mol. The Bertz CT molecular complexity index is 479. The first-order valence-corrected chi connectivity index (χ1v) is 5.57. The van der Waals surface area contributed by atoms with Gasteiger partial charge in [0, 0.05) is 5.39 Å². The van der Waals surface area contributed by atoms with E-state index in [1.807, 2.05) is 18.2 Å². The van der Waals surface area contributed by atoms with Crippen LogP contribution in [0.3, 0.4) is 0 Å². The van der Waals surface area contributed by atoms with Gasteiger partial charge >= 0.3 is 0 Å². The molecule has 0 bridgehead atoms. The topological polar surface area (TPSA) is 19.9 Å². The Hall–Kier alpha value is -1.41. The van der Waals surface area contributed by atoms with E-state index >= 15 is 0 Å². The predicted molar refractivity (Wildman–Crippen MR) is 62.4 cm³/mol. The van der Waals surface area contributed by atoms with E-state index in [0.29, 0.717) is 11.8 Å². The lowest BCUT2D eigenvalue weighted by Gasteiger charge is -2.06. The standard InChI is InChI=1S/C14H14FO/c15-14-9-4-7-12-11(5-1-2-10-16)6-3-8-13(12)14/h3-4,6-9H,1-2,5,10H2. The maximum Gasteiger partial charge on any atom is 0.131 e. The van der Waals surface area contributed by atoms with Crippen molar-refractivity contribution in [1.29, 1.82) is 0 Å². The number of fused-ring (bicyclic) bond motifs is 1. The van der Waals surface area contributed by atoms with Gasteiger partial charge in [-0.15, -0.1) is 0 Å². The molecule has 16 heavy (non-hydrogen) atoms. The van der Waals surface area contributed by atoms with Crippen LogP contribution in [0.4, 0.5) is 4.39 Å². The number of hydrogen-bond donors (Lipinski definition) is 0. The van der Waals surface area contributed by atoms with Crippen molar-refractivity contribution in [2.45, 2.75) is 19.3 Å². The number of benzene rings is 2. The van der Waals surface area contributed by atoms with Crippen molar-refractivity contribution in [1.82, 2.24) is 0 Å². The molecule has 0 aliphatic rings. The van der Waals surface area contributed by atoms with Gasteiger partial charge in [-0.3, -0.25) is 0 Å². The van der Waals surface area contributed by atoms with E-state index in [4.69, 9.17) is 0 Å². The van der Waals surface area contributed by atoms with Crippen molar-refractivity contribution >= 4 is 10.8 Å². The normalized spacial score (nSPS) is 10.9. The Balaban J connectivity index is 2.34. The van der Waals surface area contributed by atoms with Crippen LogP contribution in [-0.2, 0) is 11.5 Å². The smallest absolute Gasteiger partial charge is 0.131 e. The summed E-state index contributed by atoms with van der Waals surface area (Å²) in [7, 11) is 0. The quantitative estimate of drug-likeness (QED) is 0.695. The molecule has 0 saturated heterocycles. The molecule has 83 valence electrons. The molecule has 0 spiro atoms. The first-order chi connectivity index (χ1) is 7.83. The fraction of sp³-hybridized carbons (Fsp3) is 0.286. The Labute approximate surface area is 94.5 Å². The highest BCUT2D eigenvalue weighted by Crippen LogP contribution is 2.22. The number of unbranched alkanes of at least 4 members (excludes halogenated alkanes) is 1. The summed E-state index contributed by atoms with van der Waals surface area (Å²) in [5.41, 5.74) is 1.13. The van der Waals surface area contributed by atoms with E-state index in [1.54, 1.807) is 12.1 Å². The highest BCUT2D eigenvalue weighted by Gasteiger charge is 2.03. The second-order valence-electron chi connectivity index (χ2n) is 3.91. The summed E-state index contributed by atoms with van der Waals surface area (Å²) in [4.78, 5) is 0. The molecular weight excluding hydrogens is 203 g/mol. The molecule has 0 aliphatic carbocycles. The highest BCUT2D eigenvalue weighted by atomic mass is 19.1. The zero-order valence-electron chi connectivity index (χ0n) is 9.08. The molecule has 2 heteroatoms. The van der Waals surface area contributed by atoms with Crippen molar-refractivity contribution < 1.29 is 9.50 Å². The maximum atomic E-state index is 13.5. The van der Waals surface area contributed by atoms with Crippen LogP contribution in [0.5, 0.6) is 0 Å². The fourth-order valence-electron chi connectivity index (χ4n) is 1.97. The molecule has 0 aliphatic heterocycles. The van der Waals surface area contributed by atoms with E-state index < -0.39 is 0 Å². The SMILES string of the molecule is [O]CCCCc1cccc2c(F)cccc12. The largest absolute Gasteiger partial charge is 0.237 e. The lowest BCUT2D eigenvalue weighted by atomic mass is 10.00. The van der Waals surface area contributed by atoms with E-state index in [9.17, 15) is 9.50 Å². The molecule has 0 heterocycles. The van der Waals surface area contributed by atoms with Crippen LogP contribution in [0.15, 0.2) is 36.4 Å². The van der Waals surface area contributed by atoms with E-state index in [0.717, 1.165) is 23.8 Å². The zero-order valence-corrected chi connectivity index (χ0v) is 9.08. The maximum absolute atomic E-state index is 13.5. The summed E-state index contributed by atoms with van der Waals surface area (Å²) < 4.78 is 13.5. The van der Waals surface area contributed by atoms with Gasteiger partial charge in [0.2, 0.25) is 0 Å². The molecule has 2 aromatic carbocycles. The van der Waals surface area contributed by atoms with Crippen LogP contribution >= 0.6 is 0 Å². The third kappa shape index (κ3) is 2.22. The van der Waals surface area contributed by atoms with Crippen molar-refractivity contribution in [3.63, 3.8) is 0 Å². The van der Waals surface area contributed by atoms with Gasteiger partial charge in [-0.2, -0.15) is 0 Å². The Morgan fingerprint density at radius 1 is 0.938 bits per heavy atom. The minimum absolute atomic E-state index is 0.0286. The molecule has 0 atom stereocenters. The van der Waals surface area contributed by atoms with Crippen molar-refractivity contribution in [3.8, 4) is 0 Å². The summed E-state index contributed by atoms with van der Waals surface area (Å²) in [5, 5.41) is 12.0. The first-order valence-electron chi connectivity index (χ1n) is 5.57. The van der Waals surface area contributed by atoms with E-state index in [-0.39, 0.29) is 12.4 Å². The van der Waals surface area contributed by atoms with Gasteiger partial charge < -0.3 is 0 Å². The van der Waals surface area contributed by atoms with Crippen molar-refractivity contribution in [3.05, 3.63) is 47.8 Å². The van der Waals surface area contributed by atoms with Crippen LogP contribution in [0.25, 0.3) is 10.8 Å². The number of rotatable bonds is 4. The predicted octanol–water partition coefficient (Wildman–Crippen LogP) is 3.73.